The first-order valence-corrected chi connectivity index (χ1v) is 5.86. The zero-order valence-electron chi connectivity index (χ0n) is 9.94. The first-order chi connectivity index (χ1) is 7.74. The third kappa shape index (κ3) is 2.14. The van der Waals surface area contributed by atoms with Gasteiger partial charge in [-0.05, 0) is 31.0 Å². The lowest BCUT2D eigenvalue weighted by molar-refractivity contribution is 0.267. The highest BCUT2D eigenvalue weighted by Gasteiger charge is 2.23. The van der Waals surface area contributed by atoms with Gasteiger partial charge in [-0.2, -0.15) is 0 Å². The van der Waals surface area contributed by atoms with Gasteiger partial charge in [-0.3, -0.25) is 0 Å². The number of rotatable bonds is 4. The Morgan fingerprint density at radius 3 is 2.75 bits per heavy atom. The van der Waals surface area contributed by atoms with Crippen molar-refractivity contribution in [3.63, 3.8) is 0 Å². The normalized spacial score (nSPS) is 16.1. The van der Waals surface area contributed by atoms with Crippen LogP contribution in [0.25, 0.3) is 0 Å². The summed E-state index contributed by atoms with van der Waals surface area (Å²) in [5.41, 5.74) is 2.06. The van der Waals surface area contributed by atoms with Gasteiger partial charge in [0.05, 0.1) is 13.2 Å². The maximum Gasteiger partial charge on any atom is 0.124 e. The molecule has 3 heteroatoms. The molecule has 1 fully saturated rings. The highest BCUT2D eigenvalue weighted by Crippen LogP contribution is 2.29. The third-order valence-corrected chi connectivity index (χ3v) is 2.94. The Morgan fingerprint density at radius 2 is 2.19 bits per heavy atom. The summed E-state index contributed by atoms with van der Waals surface area (Å²) in [6.07, 6.45) is 0. The van der Waals surface area contributed by atoms with Crippen molar-refractivity contribution in [1.82, 2.24) is 0 Å². The monoisotopic (exact) mass is 221 g/mol. The Kier molecular flexibility index (Phi) is 3.34. The number of anilines is 1. The second-order valence-corrected chi connectivity index (χ2v) is 4.39. The van der Waals surface area contributed by atoms with Crippen molar-refractivity contribution in [3.05, 3.63) is 23.8 Å². The number of ether oxygens (including phenoxy) is 1. The van der Waals surface area contributed by atoms with E-state index in [0.717, 1.165) is 30.3 Å². The van der Waals surface area contributed by atoms with Crippen molar-refractivity contribution in [1.29, 1.82) is 0 Å². The van der Waals surface area contributed by atoms with Gasteiger partial charge in [-0.1, -0.05) is 6.92 Å². The molecule has 1 N–H and O–H groups in total. The van der Waals surface area contributed by atoms with Crippen LogP contribution in [0.4, 0.5) is 5.69 Å². The van der Waals surface area contributed by atoms with E-state index in [1.165, 1.54) is 5.69 Å². The molecule has 0 saturated carbocycles. The summed E-state index contributed by atoms with van der Waals surface area (Å²) in [6.45, 7) is 7.08. The molecule has 0 atom stereocenters. The molecule has 3 nitrogen and oxygen atoms in total. The minimum Gasteiger partial charge on any atom is -0.494 e. The second-order valence-electron chi connectivity index (χ2n) is 4.39. The van der Waals surface area contributed by atoms with E-state index in [1.54, 1.807) is 0 Å². The van der Waals surface area contributed by atoms with Gasteiger partial charge < -0.3 is 14.7 Å². The predicted octanol–water partition coefficient (Wildman–Crippen LogP) is 2.03. The van der Waals surface area contributed by atoms with Crippen LogP contribution in [0.1, 0.15) is 19.4 Å². The van der Waals surface area contributed by atoms with Crippen LogP contribution >= 0.6 is 0 Å². The van der Waals surface area contributed by atoms with Gasteiger partial charge in [-0.15, -0.1) is 0 Å². The van der Waals surface area contributed by atoms with Crippen LogP contribution < -0.4 is 9.64 Å². The van der Waals surface area contributed by atoms with Gasteiger partial charge in [0, 0.05) is 24.3 Å². The quantitative estimate of drug-likeness (QED) is 0.844. The summed E-state index contributed by atoms with van der Waals surface area (Å²) < 4.78 is 5.46. The van der Waals surface area contributed by atoms with E-state index in [4.69, 9.17) is 4.74 Å². The van der Waals surface area contributed by atoms with Crippen LogP contribution in [0.2, 0.25) is 0 Å². The lowest BCUT2D eigenvalue weighted by atomic mass is 10.0. The van der Waals surface area contributed by atoms with Gasteiger partial charge in [0.25, 0.3) is 0 Å². The van der Waals surface area contributed by atoms with Crippen LogP contribution in [0.5, 0.6) is 5.75 Å². The fourth-order valence-electron chi connectivity index (χ4n) is 2.09. The Bertz CT molecular complexity index is 359. The highest BCUT2D eigenvalue weighted by atomic mass is 16.5. The first kappa shape index (κ1) is 11.3. The van der Waals surface area contributed by atoms with E-state index in [1.807, 2.05) is 19.1 Å². The van der Waals surface area contributed by atoms with Crippen LogP contribution in [-0.2, 0) is 6.61 Å². The largest absolute Gasteiger partial charge is 0.494 e. The summed E-state index contributed by atoms with van der Waals surface area (Å²) in [5, 5.41) is 9.30. The van der Waals surface area contributed by atoms with Crippen molar-refractivity contribution in [2.24, 2.45) is 5.92 Å². The second kappa shape index (κ2) is 4.74. The molecule has 0 radical (unpaired) electrons. The average Bonchev–Trinajstić information content (AvgIpc) is 2.26. The molecular weight excluding hydrogens is 202 g/mol. The van der Waals surface area contributed by atoms with Crippen molar-refractivity contribution in [2.75, 3.05) is 24.6 Å². The van der Waals surface area contributed by atoms with Crippen molar-refractivity contribution in [3.8, 4) is 5.75 Å². The van der Waals surface area contributed by atoms with E-state index in [9.17, 15) is 5.11 Å². The molecule has 0 amide bonds. The smallest absolute Gasteiger partial charge is 0.124 e. The van der Waals surface area contributed by atoms with Crippen LogP contribution in [-0.4, -0.2) is 24.8 Å². The SMILES string of the molecule is CCOc1ccc(N2CC(C)C2)cc1CO. The van der Waals surface area contributed by atoms with E-state index in [0.29, 0.717) is 6.61 Å². The standard InChI is InChI=1S/C13H19NO2/c1-3-16-13-5-4-12(6-11(13)9-15)14-7-10(2)8-14/h4-6,10,15H,3,7-9H2,1-2H3. The number of aliphatic hydroxyl groups is 1. The summed E-state index contributed by atoms with van der Waals surface area (Å²) in [5.74, 6) is 1.58. The molecular formula is C13H19NO2. The summed E-state index contributed by atoms with van der Waals surface area (Å²) >= 11 is 0. The molecule has 2 rings (SSSR count). The number of hydrogen-bond acceptors (Lipinski definition) is 3. The average molecular weight is 221 g/mol. The zero-order chi connectivity index (χ0) is 11.5. The topological polar surface area (TPSA) is 32.7 Å². The number of benzene rings is 1. The van der Waals surface area contributed by atoms with Crippen LogP contribution in [0, 0.1) is 5.92 Å². The van der Waals surface area contributed by atoms with Crippen molar-refractivity contribution < 1.29 is 9.84 Å². The molecule has 1 aliphatic rings. The molecule has 0 aromatic heterocycles. The maximum absolute atomic E-state index is 9.30. The van der Waals surface area contributed by atoms with Gasteiger partial charge in [0.2, 0.25) is 0 Å². The first-order valence-electron chi connectivity index (χ1n) is 5.86. The highest BCUT2D eigenvalue weighted by molar-refractivity contribution is 5.54. The molecule has 0 spiro atoms. The molecule has 16 heavy (non-hydrogen) atoms. The lowest BCUT2D eigenvalue weighted by Crippen LogP contribution is -2.45. The predicted molar refractivity (Wildman–Crippen MR) is 64.9 cm³/mol. The summed E-state index contributed by atoms with van der Waals surface area (Å²) in [7, 11) is 0. The van der Waals surface area contributed by atoms with Crippen LogP contribution in [0.15, 0.2) is 18.2 Å². The van der Waals surface area contributed by atoms with Gasteiger partial charge in [-0.25, -0.2) is 0 Å². The van der Waals surface area contributed by atoms with E-state index < -0.39 is 0 Å². The molecule has 1 aromatic rings. The zero-order valence-corrected chi connectivity index (χ0v) is 9.94. The Balaban J connectivity index is 2.16. The maximum atomic E-state index is 9.30. The minimum atomic E-state index is 0.0343. The third-order valence-electron chi connectivity index (χ3n) is 2.94. The van der Waals surface area contributed by atoms with Gasteiger partial charge in [0.15, 0.2) is 0 Å². The molecule has 1 aliphatic heterocycles. The number of nitrogens with zero attached hydrogens (tertiary/aromatic N) is 1. The molecule has 0 aliphatic carbocycles. The van der Waals surface area contributed by atoms with E-state index in [-0.39, 0.29) is 6.61 Å². The molecule has 0 bridgehead atoms. The molecule has 1 saturated heterocycles. The summed E-state index contributed by atoms with van der Waals surface area (Å²) in [4.78, 5) is 2.32. The molecule has 88 valence electrons. The number of aliphatic hydroxyl groups excluding tert-OH is 1. The number of hydrogen-bond donors (Lipinski definition) is 1. The Morgan fingerprint density at radius 1 is 1.44 bits per heavy atom. The Labute approximate surface area is 96.6 Å². The van der Waals surface area contributed by atoms with E-state index in [2.05, 4.69) is 17.9 Å². The van der Waals surface area contributed by atoms with Crippen molar-refractivity contribution >= 4 is 5.69 Å². The molecule has 1 aromatic carbocycles. The van der Waals surface area contributed by atoms with E-state index >= 15 is 0 Å². The Hall–Kier alpha value is -1.22. The van der Waals surface area contributed by atoms with Crippen LogP contribution in [0.3, 0.4) is 0 Å². The molecule has 0 unspecified atom stereocenters. The van der Waals surface area contributed by atoms with Crippen molar-refractivity contribution in [2.45, 2.75) is 20.5 Å². The van der Waals surface area contributed by atoms with Gasteiger partial charge in [0.1, 0.15) is 5.75 Å². The minimum absolute atomic E-state index is 0.0343. The fourth-order valence-corrected chi connectivity index (χ4v) is 2.09. The fraction of sp³-hybridized carbons (Fsp3) is 0.538. The lowest BCUT2D eigenvalue weighted by Gasteiger charge is -2.39. The summed E-state index contributed by atoms with van der Waals surface area (Å²) in [6, 6.07) is 6.04. The van der Waals surface area contributed by atoms with Gasteiger partial charge >= 0.3 is 0 Å². The molecule has 1 heterocycles.